The molecule has 0 aliphatic carbocycles. The van der Waals surface area contributed by atoms with E-state index < -0.39 is 23.4 Å². The van der Waals surface area contributed by atoms with Gasteiger partial charge < -0.3 is 9.84 Å². The van der Waals surface area contributed by atoms with Crippen LogP contribution < -0.4 is 4.74 Å². The molecule has 3 aromatic rings. The number of carbonyl (C=O) groups is 2. The number of Topliss-reactive ketones (excluding diaryl/α,β-unsaturated/α-hetero) is 1. The maximum absolute atomic E-state index is 13.0. The molecule has 0 heterocycles. The fraction of sp³-hybridized carbons (Fsp3) is 0.333. The van der Waals surface area contributed by atoms with Crippen molar-refractivity contribution in [1.29, 1.82) is 0 Å². The van der Waals surface area contributed by atoms with E-state index in [1.54, 1.807) is 51.1 Å². The van der Waals surface area contributed by atoms with E-state index in [-0.39, 0.29) is 12.2 Å². The van der Waals surface area contributed by atoms with Crippen LogP contribution in [0, 0.1) is 17.8 Å². The van der Waals surface area contributed by atoms with E-state index in [4.69, 9.17) is 4.74 Å². The monoisotopic (exact) mass is 514 g/mol. The van der Waals surface area contributed by atoms with E-state index in [0.717, 1.165) is 11.3 Å². The van der Waals surface area contributed by atoms with Crippen molar-refractivity contribution in [2.45, 2.75) is 47.5 Å². The third-order valence-corrected chi connectivity index (χ3v) is 6.51. The fourth-order valence-electron chi connectivity index (χ4n) is 4.02. The predicted octanol–water partition coefficient (Wildman–Crippen LogP) is 8.13. The summed E-state index contributed by atoms with van der Waals surface area (Å²) >= 11 is 0. The second kappa shape index (κ2) is 12.5. The summed E-state index contributed by atoms with van der Waals surface area (Å²) in [5, 5.41) is 26.3. The van der Waals surface area contributed by atoms with Crippen molar-refractivity contribution in [3.8, 4) is 5.75 Å². The van der Waals surface area contributed by atoms with Crippen molar-refractivity contribution >= 4 is 34.5 Å². The summed E-state index contributed by atoms with van der Waals surface area (Å²) in [6, 6.07) is 21.9. The molecule has 0 amide bonds. The first-order valence-corrected chi connectivity index (χ1v) is 12.5. The van der Waals surface area contributed by atoms with Gasteiger partial charge in [-0.05, 0) is 93.8 Å². The van der Waals surface area contributed by atoms with Crippen molar-refractivity contribution in [3.05, 3.63) is 78.4 Å². The van der Waals surface area contributed by atoms with Crippen LogP contribution in [0.15, 0.2) is 93.3 Å². The van der Waals surface area contributed by atoms with Crippen LogP contribution in [0.2, 0.25) is 0 Å². The molecule has 0 saturated heterocycles. The van der Waals surface area contributed by atoms with Crippen molar-refractivity contribution in [2.24, 2.45) is 31.3 Å². The lowest BCUT2D eigenvalue weighted by Crippen LogP contribution is -2.39. The molecule has 198 valence electrons. The highest BCUT2D eigenvalue weighted by Crippen LogP contribution is 2.39. The average molecular weight is 515 g/mol. The van der Waals surface area contributed by atoms with Crippen LogP contribution in [-0.4, -0.2) is 23.5 Å². The van der Waals surface area contributed by atoms with E-state index in [1.165, 1.54) is 0 Å². The molecule has 0 aliphatic heterocycles. The van der Waals surface area contributed by atoms with Gasteiger partial charge >= 0.3 is 5.97 Å². The Morgan fingerprint density at radius 3 is 1.79 bits per heavy atom. The molecule has 1 N–H and O–H groups in total. The van der Waals surface area contributed by atoms with Crippen molar-refractivity contribution in [1.82, 2.24) is 0 Å². The molecule has 3 aromatic carbocycles. The molecular weight excluding hydrogens is 480 g/mol. The van der Waals surface area contributed by atoms with Gasteiger partial charge in [-0.25, -0.2) is 0 Å². The van der Waals surface area contributed by atoms with Crippen LogP contribution >= 0.6 is 0 Å². The zero-order chi connectivity index (χ0) is 27.8. The van der Waals surface area contributed by atoms with Gasteiger partial charge in [0.15, 0.2) is 5.78 Å². The van der Waals surface area contributed by atoms with Crippen LogP contribution in [0.5, 0.6) is 5.75 Å². The minimum absolute atomic E-state index is 0.270. The van der Waals surface area contributed by atoms with E-state index in [1.807, 2.05) is 56.3 Å². The van der Waals surface area contributed by atoms with E-state index >= 15 is 0 Å². The molecule has 38 heavy (non-hydrogen) atoms. The second-order valence-corrected chi connectivity index (χ2v) is 10.1. The number of aliphatic hydroxyl groups is 1. The van der Waals surface area contributed by atoms with Gasteiger partial charge in [0.2, 0.25) is 0 Å². The van der Waals surface area contributed by atoms with Crippen LogP contribution in [-0.2, 0) is 9.59 Å². The Kier molecular flexibility index (Phi) is 9.36. The van der Waals surface area contributed by atoms with Crippen LogP contribution in [0.1, 0.15) is 46.1 Å². The van der Waals surface area contributed by atoms with Gasteiger partial charge in [-0.3, -0.25) is 9.59 Å². The molecule has 0 spiro atoms. The molecule has 0 bridgehead atoms. The van der Waals surface area contributed by atoms with Gasteiger partial charge in [-0.1, -0.05) is 32.0 Å². The minimum atomic E-state index is -0.923. The molecule has 8 heteroatoms. The Balaban J connectivity index is 1.64. The molecule has 1 unspecified atom stereocenters. The minimum Gasteiger partial charge on any atom is -0.426 e. The average Bonchev–Trinajstić information content (AvgIpc) is 2.92. The number of nitrogens with zero attached hydrogens (tertiary/aromatic N) is 4. The maximum Gasteiger partial charge on any atom is 0.316 e. The van der Waals surface area contributed by atoms with Gasteiger partial charge in [0.05, 0.1) is 28.2 Å². The number of rotatable bonds is 11. The molecule has 1 atom stereocenters. The van der Waals surface area contributed by atoms with Crippen molar-refractivity contribution in [3.63, 3.8) is 0 Å². The first-order chi connectivity index (χ1) is 18.1. The number of ether oxygens (including phenoxy) is 1. The lowest BCUT2D eigenvalue weighted by molar-refractivity contribution is -0.147. The molecule has 0 aromatic heterocycles. The summed E-state index contributed by atoms with van der Waals surface area (Å²) in [6.45, 7) is 8.42. The Morgan fingerprint density at radius 2 is 1.29 bits per heavy atom. The SMILES string of the molecule is CCC(C)(CC(C)(C)C(=O)Oc1ccc(N=Nc2ccc(N=Nc3ccccc3)cc2)cc1C)C(=O)CO. The number of azo groups is 2. The quantitative estimate of drug-likeness (QED) is 0.158. The lowest BCUT2D eigenvalue weighted by Gasteiger charge is -2.34. The Hall–Kier alpha value is -4.04. The van der Waals surface area contributed by atoms with Gasteiger partial charge in [-0.2, -0.15) is 20.5 Å². The molecule has 0 aliphatic rings. The molecule has 0 saturated carbocycles. The third kappa shape index (κ3) is 7.49. The van der Waals surface area contributed by atoms with Gasteiger partial charge in [0.25, 0.3) is 0 Å². The third-order valence-electron chi connectivity index (χ3n) is 6.51. The number of carbonyl (C=O) groups excluding carboxylic acids is 2. The van der Waals surface area contributed by atoms with Crippen molar-refractivity contribution in [2.75, 3.05) is 6.61 Å². The molecule has 0 radical (unpaired) electrons. The van der Waals surface area contributed by atoms with Crippen LogP contribution in [0.25, 0.3) is 0 Å². The fourth-order valence-corrected chi connectivity index (χ4v) is 4.02. The number of ketones is 1. The Bertz CT molecular complexity index is 1320. The Morgan fingerprint density at radius 1 is 0.789 bits per heavy atom. The summed E-state index contributed by atoms with van der Waals surface area (Å²) in [5.74, 6) is -0.301. The topological polar surface area (TPSA) is 113 Å². The van der Waals surface area contributed by atoms with Gasteiger partial charge in [0, 0.05) is 5.41 Å². The first-order valence-electron chi connectivity index (χ1n) is 12.5. The number of aliphatic hydroxyl groups excluding tert-OH is 1. The molecular formula is C30H34N4O4. The largest absolute Gasteiger partial charge is 0.426 e. The number of hydrogen-bond acceptors (Lipinski definition) is 8. The highest BCUT2D eigenvalue weighted by molar-refractivity contribution is 5.87. The van der Waals surface area contributed by atoms with E-state index in [9.17, 15) is 14.7 Å². The smallest absolute Gasteiger partial charge is 0.316 e. The number of hydrogen-bond donors (Lipinski definition) is 1. The standard InChI is InChI=1S/C30H34N4O4/c1-6-30(5,27(36)19-35)20-29(3,4)28(37)38-26-17-16-25(18-21(26)2)34-33-24-14-12-23(13-15-24)32-31-22-10-8-7-9-11-22/h7-18,35H,6,19-20H2,1-5H3. The van der Waals surface area contributed by atoms with Gasteiger partial charge in [0.1, 0.15) is 12.4 Å². The summed E-state index contributed by atoms with van der Waals surface area (Å²) in [4.78, 5) is 25.2. The predicted molar refractivity (Wildman–Crippen MR) is 147 cm³/mol. The summed E-state index contributed by atoms with van der Waals surface area (Å²) in [5.41, 5.74) is 1.76. The number of benzene rings is 3. The van der Waals surface area contributed by atoms with Gasteiger partial charge in [-0.15, -0.1) is 0 Å². The van der Waals surface area contributed by atoms with Crippen LogP contribution in [0.4, 0.5) is 22.7 Å². The normalized spacial score (nSPS) is 13.5. The second-order valence-electron chi connectivity index (χ2n) is 10.1. The first kappa shape index (κ1) is 28.5. The summed E-state index contributed by atoms with van der Waals surface area (Å²) in [7, 11) is 0. The highest BCUT2D eigenvalue weighted by atomic mass is 16.5. The van der Waals surface area contributed by atoms with Crippen LogP contribution in [0.3, 0.4) is 0 Å². The van der Waals surface area contributed by atoms with Crippen molar-refractivity contribution < 1.29 is 19.4 Å². The van der Waals surface area contributed by atoms with E-state index in [2.05, 4.69) is 20.5 Å². The Labute approximate surface area is 223 Å². The van der Waals surface area contributed by atoms with E-state index in [0.29, 0.717) is 29.2 Å². The zero-order valence-electron chi connectivity index (χ0n) is 22.5. The molecule has 8 nitrogen and oxygen atoms in total. The number of esters is 1. The highest BCUT2D eigenvalue weighted by Gasteiger charge is 2.41. The maximum atomic E-state index is 13.0. The molecule has 3 rings (SSSR count). The lowest BCUT2D eigenvalue weighted by atomic mass is 9.70. The molecule has 0 fully saturated rings. The summed E-state index contributed by atoms with van der Waals surface area (Å²) < 4.78 is 5.70. The zero-order valence-corrected chi connectivity index (χ0v) is 22.5. The number of aryl methyl sites for hydroxylation is 1. The summed E-state index contributed by atoms with van der Waals surface area (Å²) in [6.07, 6.45) is 0.787.